The maximum absolute atomic E-state index is 12.8. The predicted molar refractivity (Wildman–Crippen MR) is 114 cm³/mol. The number of para-hydroxylation sites is 2. The highest BCUT2D eigenvalue weighted by molar-refractivity contribution is 6.08. The number of amides is 2. The molecule has 0 radical (unpaired) electrons. The van der Waals surface area contributed by atoms with E-state index in [0.29, 0.717) is 5.57 Å². The first-order valence-corrected chi connectivity index (χ1v) is 9.86. The van der Waals surface area contributed by atoms with Crippen molar-refractivity contribution >= 4 is 23.2 Å². The van der Waals surface area contributed by atoms with Crippen LogP contribution in [-0.4, -0.2) is 11.8 Å². The van der Waals surface area contributed by atoms with Gasteiger partial charge in [-0.3, -0.25) is 9.59 Å². The lowest BCUT2D eigenvalue weighted by molar-refractivity contribution is -0.122. The average Bonchev–Trinajstić information content (AvgIpc) is 3.36. The Kier molecular flexibility index (Phi) is 5.68. The lowest BCUT2D eigenvalue weighted by atomic mass is 10.1. The van der Waals surface area contributed by atoms with Crippen LogP contribution in [0.4, 0.5) is 11.4 Å². The van der Waals surface area contributed by atoms with Crippen molar-refractivity contribution in [2.75, 3.05) is 10.6 Å². The summed E-state index contributed by atoms with van der Waals surface area (Å²) in [5.74, 6) is -1.26. The van der Waals surface area contributed by atoms with Gasteiger partial charge in [0.05, 0.1) is 11.8 Å². The maximum atomic E-state index is 12.8. The van der Waals surface area contributed by atoms with E-state index >= 15 is 0 Å². The number of carbonyl (C=O) groups is 2. The highest BCUT2D eigenvalue weighted by Gasteiger charge is 2.52. The molecule has 4 nitrogen and oxygen atoms in total. The Labute approximate surface area is 167 Å². The molecule has 0 heterocycles. The van der Waals surface area contributed by atoms with Gasteiger partial charge in [0.1, 0.15) is 0 Å². The number of anilines is 2. The van der Waals surface area contributed by atoms with Crippen molar-refractivity contribution in [2.24, 2.45) is 11.8 Å². The molecule has 2 amide bonds. The van der Waals surface area contributed by atoms with Crippen molar-refractivity contribution in [3.8, 4) is 0 Å². The Morgan fingerprint density at radius 2 is 1.21 bits per heavy atom. The number of rotatable bonds is 6. The van der Waals surface area contributed by atoms with Gasteiger partial charge in [-0.05, 0) is 48.9 Å². The predicted octanol–water partition coefficient (Wildman–Crippen LogP) is 4.81. The Hall–Kier alpha value is -2.88. The van der Waals surface area contributed by atoms with Crippen molar-refractivity contribution in [3.05, 3.63) is 70.8 Å². The third-order valence-corrected chi connectivity index (χ3v) is 5.56. The second-order valence-corrected chi connectivity index (χ2v) is 7.43. The molecule has 1 aliphatic rings. The van der Waals surface area contributed by atoms with Crippen molar-refractivity contribution in [1.29, 1.82) is 0 Å². The number of carbonyl (C=O) groups excluding carboxylic acids is 2. The summed E-state index contributed by atoms with van der Waals surface area (Å²) in [5, 5.41) is 6.05. The van der Waals surface area contributed by atoms with Gasteiger partial charge >= 0.3 is 0 Å². The number of benzene rings is 2. The molecule has 1 saturated carbocycles. The van der Waals surface area contributed by atoms with Crippen molar-refractivity contribution in [3.63, 3.8) is 0 Å². The number of nitrogens with one attached hydrogen (secondary N) is 2. The van der Waals surface area contributed by atoms with Gasteiger partial charge in [0.15, 0.2) is 0 Å². The van der Waals surface area contributed by atoms with Crippen molar-refractivity contribution < 1.29 is 9.59 Å². The van der Waals surface area contributed by atoms with Gasteiger partial charge in [-0.2, -0.15) is 0 Å². The lowest BCUT2D eigenvalue weighted by Crippen LogP contribution is -2.22. The Balaban J connectivity index is 1.73. The summed E-state index contributed by atoms with van der Waals surface area (Å²) < 4.78 is 0. The smallest absolute Gasteiger partial charge is 0.232 e. The highest BCUT2D eigenvalue weighted by Crippen LogP contribution is 2.46. The third-order valence-electron chi connectivity index (χ3n) is 5.56. The monoisotopic (exact) mass is 376 g/mol. The van der Waals surface area contributed by atoms with Crippen LogP contribution in [0.25, 0.3) is 0 Å². The number of hydrogen-bond donors (Lipinski definition) is 2. The zero-order valence-corrected chi connectivity index (χ0v) is 17.1. The summed E-state index contributed by atoms with van der Waals surface area (Å²) in [4.78, 5) is 25.6. The minimum atomic E-state index is -0.474. The van der Waals surface area contributed by atoms with E-state index in [-0.39, 0.29) is 11.8 Å². The Morgan fingerprint density at radius 1 is 0.821 bits per heavy atom. The molecule has 2 atom stereocenters. The van der Waals surface area contributed by atoms with E-state index in [4.69, 9.17) is 0 Å². The fourth-order valence-corrected chi connectivity index (χ4v) is 3.76. The molecule has 1 fully saturated rings. The summed E-state index contributed by atoms with van der Waals surface area (Å²) >= 11 is 0. The van der Waals surface area contributed by atoms with Crippen LogP contribution in [0.5, 0.6) is 0 Å². The number of aryl methyl sites for hydroxylation is 4. The topological polar surface area (TPSA) is 58.2 Å². The summed E-state index contributed by atoms with van der Waals surface area (Å²) in [7, 11) is 0. The fraction of sp³-hybridized carbons (Fsp3) is 0.333. The van der Waals surface area contributed by atoms with E-state index in [1.165, 1.54) is 0 Å². The highest BCUT2D eigenvalue weighted by atomic mass is 16.2. The van der Waals surface area contributed by atoms with Gasteiger partial charge in [0, 0.05) is 11.4 Å². The molecule has 0 bridgehead atoms. The summed E-state index contributed by atoms with van der Waals surface area (Å²) in [5.41, 5.74) is 6.59. The van der Waals surface area contributed by atoms with E-state index in [1.807, 2.05) is 50.2 Å². The molecule has 146 valence electrons. The van der Waals surface area contributed by atoms with E-state index in [1.54, 1.807) is 0 Å². The standard InChI is InChI=1S/C24H28N2O2/c1-6-17-12-8-10-14(3)21(17)25-23(27)19-16(5)20(19)24(28)26-22-15(4)11-9-13-18(22)7-2/h8-13,19-20H,5-7H2,1-4H3,(H,25,27)(H,26,28)/t19-,20?/m0/s1. The minimum absolute atomic E-state index is 0.158. The van der Waals surface area contributed by atoms with Crippen LogP contribution in [-0.2, 0) is 22.4 Å². The van der Waals surface area contributed by atoms with Crippen LogP contribution in [0, 0.1) is 25.7 Å². The molecule has 0 saturated heterocycles. The van der Waals surface area contributed by atoms with Crippen LogP contribution >= 0.6 is 0 Å². The summed E-state index contributed by atoms with van der Waals surface area (Å²) in [6.45, 7) is 12.0. The molecule has 2 aromatic carbocycles. The van der Waals surface area contributed by atoms with Gasteiger partial charge in [-0.15, -0.1) is 0 Å². The van der Waals surface area contributed by atoms with Gasteiger partial charge < -0.3 is 10.6 Å². The molecule has 2 N–H and O–H groups in total. The molecule has 4 heteroatoms. The van der Waals surface area contributed by atoms with Crippen molar-refractivity contribution in [2.45, 2.75) is 40.5 Å². The van der Waals surface area contributed by atoms with E-state index in [0.717, 1.165) is 46.5 Å². The molecule has 0 aromatic heterocycles. The molecule has 3 rings (SSSR count). The molecule has 2 aromatic rings. The van der Waals surface area contributed by atoms with Crippen molar-refractivity contribution in [1.82, 2.24) is 0 Å². The first-order chi connectivity index (χ1) is 13.4. The molecular formula is C24H28N2O2. The second kappa shape index (κ2) is 8.01. The van der Waals surface area contributed by atoms with Crippen LogP contribution in [0.15, 0.2) is 48.6 Å². The van der Waals surface area contributed by atoms with Gasteiger partial charge in [0.25, 0.3) is 0 Å². The van der Waals surface area contributed by atoms with E-state index in [2.05, 4.69) is 31.1 Å². The first-order valence-electron chi connectivity index (χ1n) is 9.86. The Morgan fingerprint density at radius 3 is 1.57 bits per heavy atom. The fourth-order valence-electron chi connectivity index (χ4n) is 3.76. The molecule has 1 unspecified atom stereocenters. The maximum Gasteiger partial charge on any atom is 0.232 e. The molecule has 28 heavy (non-hydrogen) atoms. The largest absolute Gasteiger partial charge is 0.325 e. The van der Waals surface area contributed by atoms with E-state index in [9.17, 15) is 9.59 Å². The quantitative estimate of drug-likeness (QED) is 0.711. The second-order valence-electron chi connectivity index (χ2n) is 7.43. The lowest BCUT2D eigenvalue weighted by Gasteiger charge is -2.14. The van der Waals surface area contributed by atoms with Crippen LogP contribution in [0.2, 0.25) is 0 Å². The summed E-state index contributed by atoms with van der Waals surface area (Å²) in [6.07, 6.45) is 1.67. The first kappa shape index (κ1) is 19.9. The minimum Gasteiger partial charge on any atom is -0.325 e. The molecule has 0 aliphatic heterocycles. The zero-order valence-electron chi connectivity index (χ0n) is 17.1. The van der Waals surface area contributed by atoms with Gasteiger partial charge in [0.2, 0.25) is 11.8 Å². The van der Waals surface area contributed by atoms with Crippen LogP contribution in [0.1, 0.15) is 36.1 Å². The van der Waals surface area contributed by atoms with Crippen LogP contribution < -0.4 is 10.6 Å². The summed E-state index contributed by atoms with van der Waals surface area (Å²) in [6, 6.07) is 12.0. The van der Waals surface area contributed by atoms with Gasteiger partial charge in [-0.1, -0.05) is 62.4 Å². The van der Waals surface area contributed by atoms with Crippen LogP contribution in [0.3, 0.4) is 0 Å². The third kappa shape index (κ3) is 3.72. The normalized spacial score (nSPS) is 17.9. The Bertz CT molecular complexity index is 870. The molecule has 1 aliphatic carbocycles. The van der Waals surface area contributed by atoms with E-state index < -0.39 is 11.8 Å². The van der Waals surface area contributed by atoms with Gasteiger partial charge in [-0.25, -0.2) is 0 Å². The average molecular weight is 377 g/mol. The molecular weight excluding hydrogens is 348 g/mol. The SMILES string of the molecule is C=C1C(C(=O)Nc2c(C)cccc2CC)[C@H]1C(=O)Nc1c(C)cccc1CC. The zero-order chi connectivity index (χ0) is 20.4. The number of hydrogen-bond acceptors (Lipinski definition) is 2. The molecule has 0 spiro atoms.